The normalized spacial score (nSPS) is 15.7. The molecular formula is C23H21N3O4. The van der Waals surface area contributed by atoms with Crippen LogP contribution in [0.5, 0.6) is 11.5 Å². The lowest BCUT2D eigenvalue weighted by atomic mass is 10.1. The van der Waals surface area contributed by atoms with E-state index in [2.05, 4.69) is 5.32 Å². The van der Waals surface area contributed by atoms with E-state index in [9.17, 15) is 9.59 Å². The van der Waals surface area contributed by atoms with Crippen molar-refractivity contribution < 1.29 is 19.5 Å². The third-order valence-corrected chi connectivity index (χ3v) is 4.90. The van der Waals surface area contributed by atoms with Gasteiger partial charge in [-0.3, -0.25) is 14.8 Å². The fourth-order valence-electron chi connectivity index (χ4n) is 3.39. The number of nitrogens with zero attached hydrogens (tertiary/aromatic N) is 1. The highest BCUT2D eigenvalue weighted by Crippen LogP contribution is 2.29. The molecule has 0 spiro atoms. The van der Waals surface area contributed by atoms with Crippen LogP contribution in [0.25, 0.3) is 0 Å². The number of hydroxylamine groups is 1. The number of benzene rings is 3. The number of nitrogens with one attached hydrogen (secondary N) is 2. The van der Waals surface area contributed by atoms with Gasteiger partial charge in [0.05, 0.1) is 0 Å². The van der Waals surface area contributed by atoms with Crippen molar-refractivity contribution in [3.8, 4) is 11.5 Å². The lowest BCUT2D eigenvalue weighted by molar-refractivity contribution is -0.117. The summed E-state index contributed by atoms with van der Waals surface area (Å²) in [6, 6.07) is 23.2. The number of ether oxygens (including phenoxy) is 1. The molecule has 3 aromatic carbocycles. The molecule has 1 aliphatic heterocycles. The quantitative estimate of drug-likeness (QED) is 0.430. The Morgan fingerprint density at radius 2 is 1.70 bits per heavy atom. The first kappa shape index (κ1) is 19.5. The van der Waals surface area contributed by atoms with Gasteiger partial charge in [0, 0.05) is 29.5 Å². The summed E-state index contributed by atoms with van der Waals surface area (Å²) >= 11 is 0. The van der Waals surface area contributed by atoms with Crippen LogP contribution in [0.2, 0.25) is 0 Å². The zero-order valence-corrected chi connectivity index (χ0v) is 16.1. The van der Waals surface area contributed by atoms with Crippen LogP contribution >= 0.6 is 0 Å². The lowest BCUT2D eigenvalue weighted by Gasteiger charge is -2.18. The molecule has 2 amide bonds. The van der Waals surface area contributed by atoms with Crippen molar-refractivity contribution in [2.24, 2.45) is 0 Å². The minimum Gasteiger partial charge on any atom is -0.457 e. The highest BCUT2D eigenvalue weighted by Gasteiger charge is 2.32. The minimum atomic E-state index is -0.581. The van der Waals surface area contributed by atoms with Crippen molar-refractivity contribution in [3.63, 3.8) is 0 Å². The van der Waals surface area contributed by atoms with Crippen molar-refractivity contribution in [3.05, 3.63) is 84.4 Å². The van der Waals surface area contributed by atoms with Gasteiger partial charge in [-0.25, -0.2) is 5.48 Å². The van der Waals surface area contributed by atoms with Crippen molar-refractivity contribution >= 4 is 23.2 Å². The summed E-state index contributed by atoms with van der Waals surface area (Å²) in [6.45, 7) is 0.594. The Morgan fingerprint density at radius 1 is 0.967 bits per heavy atom. The van der Waals surface area contributed by atoms with Gasteiger partial charge in [0.25, 0.3) is 5.91 Å². The Bertz CT molecular complexity index is 1040. The second-order valence-corrected chi connectivity index (χ2v) is 6.91. The molecule has 1 unspecified atom stereocenters. The summed E-state index contributed by atoms with van der Waals surface area (Å²) in [5.41, 5.74) is 3.44. The molecular weight excluding hydrogens is 382 g/mol. The second kappa shape index (κ2) is 8.67. The van der Waals surface area contributed by atoms with Crippen LogP contribution in [0.4, 0.5) is 11.4 Å². The Kier molecular flexibility index (Phi) is 5.63. The molecule has 7 heteroatoms. The van der Waals surface area contributed by atoms with Crippen molar-refractivity contribution in [2.75, 3.05) is 16.8 Å². The van der Waals surface area contributed by atoms with Crippen LogP contribution in [0, 0.1) is 0 Å². The first-order valence-corrected chi connectivity index (χ1v) is 9.59. The third kappa shape index (κ3) is 4.26. The fraction of sp³-hybridized carbons (Fsp3) is 0.130. The second-order valence-electron chi connectivity index (χ2n) is 6.91. The van der Waals surface area contributed by atoms with E-state index >= 15 is 0 Å². The van der Waals surface area contributed by atoms with Crippen molar-refractivity contribution in [2.45, 2.75) is 12.5 Å². The maximum absolute atomic E-state index is 12.9. The number of amides is 2. The Balaban J connectivity index is 1.43. The number of carbonyl (C=O) groups is 2. The number of rotatable bonds is 6. The van der Waals surface area contributed by atoms with E-state index in [-0.39, 0.29) is 11.9 Å². The molecule has 152 valence electrons. The Morgan fingerprint density at radius 3 is 2.43 bits per heavy atom. The summed E-state index contributed by atoms with van der Waals surface area (Å²) < 4.78 is 5.87. The number of para-hydroxylation sites is 1. The molecule has 3 N–H and O–H groups in total. The van der Waals surface area contributed by atoms with Gasteiger partial charge in [-0.1, -0.05) is 24.3 Å². The number of anilines is 2. The number of carbonyl (C=O) groups excluding carboxylic acids is 2. The van der Waals surface area contributed by atoms with Gasteiger partial charge in [-0.2, -0.15) is 0 Å². The molecule has 0 aliphatic carbocycles. The Labute approximate surface area is 173 Å². The predicted octanol–water partition coefficient (Wildman–Crippen LogP) is 3.82. The number of hydrogen-bond donors (Lipinski definition) is 3. The van der Waals surface area contributed by atoms with Gasteiger partial charge in [0.15, 0.2) is 0 Å². The standard InChI is InChI=1S/C23H21N3O4/c27-22(25-29)16-9-11-17(12-10-16)24-21-13-14-26(23(21)28)18-5-4-8-20(15-18)30-19-6-2-1-3-7-19/h1-12,15,21,24,29H,13-14H2,(H,25,27). The predicted molar refractivity (Wildman–Crippen MR) is 113 cm³/mol. The van der Waals surface area contributed by atoms with Crippen LogP contribution in [-0.2, 0) is 4.79 Å². The molecule has 1 fully saturated rings. The van der Waals surface area contributed by atoms with Gasteiger partial charge < -0.3 is 15.0 Å². The molecule has 0 bridgehead atoms. The molecule has 3 aromatic rings. The molecule has 1 atom stereocenters. The summed E-state index contributed by atoms with van der Waals surface area (Å²) in [7, 11) is 0. The molecule has 30 heavy (non-hydrogen) atoms. The van der Waals surface area contributed by atoms with E-state index in [4.69, 9.17) is 9.94 Å². The SMILES string of the molecule is O=C(NO)c1ccc(NC2CCN(c3cccc(Oc4ccccc4)c3)C2=O)cc1. The summed E-state index contributed by atoms with van der Waals surface area (Å²) in [6.07, 6.45) is 0.654. The van der Waals surface area contributed by atoms with Crippen molar-refractivity contribution in [1.82, 2.24) is 5.48 Å². The van der Waals surface area contributed by atoms with Crippen molar-refractivity contribution in [1.29, 1.82) is 0 Å². The minimum absolute atomic E-state index is 0.0240. The topological polar surface area (TPSA) is 90.9 Å². The zero-order valence-electron chi connectivity index (χ0n) is 16.1. The fourth-order valence-corrected chi connectivity index (χ4v) is 3.39. The average Bonchev–Trinajstić information content (AvgIpc) is 3.14. The molecule has 1 heterocycles. The van der Waals surface area contributed by atoms with E-state index < -0.39 is 5.91 Å². The smallest absolute Gasteiger partial charge is 0.274 e. The molecule has 0 aromatic heterocycles. The Hall–Kier alpha value is -3.84. The first-order valence-electron chi connectivity index (χ1n) is 9.59. The molecule has 0 radical (unpaired) electrons. The lowest BCUT2D eigenvalue weighted by Crippen LogP contribution is -2.33. The molecule has 4 rings (SSSR count). The van der Waals surface area contributed by atoms with Crippen LogP contribution in [0.1, 0.15) is 16.8 Å². The van der Waals surface area contributed by atoms with Crippen LogP contribution < -0.4 is 20.4 Å². The average molecular weight is 403 g/mol. The molecule has 1 aliphatic rings. The van der Waals surface area contributed by atoms with Gasteiger partial charge in [-0.15, -0.1) is 0 Å². The monoisotopic (exact) mass is 403 g/mol. The summed E-state index contributed by atoms with van der Waals surface area (Å²) in [5, 5.41) is 11.9. The maximum atomic E-state index is 12.9. The zero-order chi connectivity index (χ0) is 20.9. The van der Waals surface area contributed by atoms with E-state index in [1.165, 1.54) is 0 Å². The van der Waals surface area contributed by atoms with Gasteiger partial charge in [0.2, 0.25) is 5.91 Å². The largest absolute Gasteiger partial charge is 0.457 e. The van der Waals surface area contributed by atoms with E-state index in [0.717, 1.165) is 17.1 Å². The van der Waals surface area contributed by atoms with Crippen LogP contribution in [0.3, 0.4) is 0 Å². The van der Waals surface area contributed by atoms with Crippen LogP contribution in [0.15, 0.2) is 78.9 Å². The van der Waals surface area contributed by atoms with E-state index in [1.807, 2.05) is 54.6 Å². The van der Waals surface area contributed by atoms with Gasteiger partial charge >= 0.3 is 0 Å². The highest BCUT2D eigenvalue weighted by atomic mass is 16.5. The number of hydrogen-bond acceptors (Lipinski definition) is 5. The van der Waals surface area contributed by atoms with Gasteiger partial charge in [-0.05, 0) is 55.0 Å². The van der Waals surface area contributed by atoms with Gasteiger partial charge in [0.1, 0.15) is 17.5 Å². The third-order valence-electron chi connectivity index (χ3n) is 4.90. The highest BCUT2D eigenvalue weighted by molar-refractivity contribution is 6.01. The molecule has 0 saturated carbocycles. The van der Waals surface area contributed by atoms with E-state index in [0.29, 0.717) is 24.3 Å². The summed E-state index contributed by atoms with van der Waals surface area (Å²) in [5.74, 6) is 0.798. The molecule has 7 nitrogen and oxygen atoms in total. The maximum Gasteiger partial charge on any atom is 0.274 e. The molecule has 1 saturated heterocycles. The summed E-state index contributed by atoms with van der Waals surface area (Å²) in [4.78, 5) is 26.1. The van der Waals surface area contributed by atoms with E-state index in [1.54, 1.807) is 34.6 Å². The first-order chi connectivity index (χ1) is 14.6. The van der Waals surface area contributed by atoms with Crippen LogP contribution in [-0.4, -0.2) is 29.6 Å².